The summed E-state index contributed by atoms with van der Waals surface area (Å²) in [6.07, 6.45) is 12.6. The summed E-state index contributed by atoms with van der Waals surface area (Å²) in [5.74, 6) is 2.87. The summed E-state index contributed by atoms with van der Waals surface area (Å²) in [6, 6.07) is 0. The molecule has 0 aliphatic heterocycles. The molecule has 0 spiro atoms. The van der Waals surface area contributed by atoms with Gasteiger partial charge in [0.1, 0.15) is 0 Å². The van der Waals surface area contributed by atoms with Crippen molar-refractivity contribution in [1.29, 1.82) is 0 Å². The van der Waals surface area contributed by atoms with Crippen molar-refractivity contribution in [2.75, 3.05) is 0 Å². The summed E-state index contributed by atoms with van der Waals surface area (Å²) in [7, 11) is 0. The Balaban J connectivity index is 1.62. The predicted molar refractivity (Wildman–Crippen MR) is 137 cm³/mol. The normalized spacial score (nSPS) is 44.1. The molecule has 0 amide bonds. The molecule has 0 unspecified atom stereocenters. The van der Waals surface area contributed by atoms with Crippen LogP contribution in [0.15, 0.2) is 23.3 Å². The maximum atomic E-state index is 10.8. The van der Waals surface area contributed by atoms with Gasteiger partial charge in [-0.1, -0.05) is 78.7 Å². The van der Waals surface area contributed by atoms with E-state index in [1.165, 1.54) is 63.4 Å². The van der Waals surface area contributed by atoms with Gasteiger partial charge in [-0.25, -0.2) is 0 Å². The molecule has 2 fully saturated rings. The van der Waals surface area contributed by atoms with Gasteiger partial charge < -0.3 is 5.11 Å². The first-order chi connectivity index (χ1) is 14.8. The molecule has 1 N–H and O–H groups in total. The molecule has 1 nitrogen and oxygen atoms in total. The van der Waals surface area contributed by atoms with Gasteiger partial charge in [-0.3, -0.25) is 0 Å². The maximum Gasteiger partial charge on any atom is 0.0594 e. The third kappa shape index (κ3) is 3.34. The Morgan fingerprint density at radius 2 is 1.62 bits per heavy atom. The Hall–Kier alpha value is -0.560. The quantitative estimate of drug-likeness (QED) is 0.424. The maximum absolute atomic E-state index is 10.8. The Labute approximate surface area is 199 Å². The van der Waals surface area contributed by atoms with Gasteiger partial charge in [0.2, 0.25) is 0 Å². The van der Waals surface area contributed by atoms with Crippen LogP contribution in [0.4, 0.5) is 0 Å². The van der Waals surface area contributed by atoms with Crippen molar-refractivity contribution in [2.24, 2.45) is 45.3 Å². The highest BCUT2D eigenvalue weighted by atomic mass is 16.3. The topological polar surface area (TPSA) is 20.2 Å². The Morgan fingerprint density at radius 1 is 0.938 bits per heavy atom. The van der Waals surface area contributed by atoms with E-state index in [2.05, 4.69) is 62.0 Å². The van der Waals surface area contributed by atoms with Crippen molar-refractivity contribution in [3.63, 3.8) is 0 Å². The summed E-state index contributed by atoms with van der Waals surface area (Å²) < 4.78 is 0. The summed E-state index contributed by atoms with van der Waals surface area (Å²) >= 11 is 0. The molecule has 0 radical (unpaired) electrons. The van der Waals surface area contributed by atoms with Crippen molar-refractivity contribution < 1.29 is 5.11 Å². The molecule has 182 valence electrons. The monoisotopic (exact) mass is 440 g/mol. The molecular weight excluding hydrogens is 388 g/mol. The summed E-state index contributed by atoms with van der Waals surface area (Å²) in [5.41, 5.74) is 6.32. The van der Waals surface area contributed by atoms with Crippen molar-refractivity contribution in [3.05, 3.63) is 23.3 Å². The van der Waals surface area contributed by atoms with Crippen LogP contribution in [0.25, 0.3) is 0 Å². The average molecular weight is 441 g/mol. The Bertz CT molecular complexity index is 786. The van der Waals surface area contributed by atoms with Gasteiger partial charge in [0, 0.05) is 0 Å². The van der Waals surface area contributed by atoms with E-state index in [4.69, 9.17) is 0 Å². The van der Waals surface area contributed by atoms with Crippen LogP contribution in [-0.4, -0.2) is 11.2 Å². The lowest BCUT2D eigenvalue weighted by atomic mass is 9.43. The zero-order valence-electron chi connectivity index (χ0n) is 22.6. The molecule has 7 atom stereocenters. The number of fused-ring (bicyclic) bond motifs is 4. The molecule has 0 aromatic heterocycles. The first-order valence-corrected chi connectivity index (χ1v) is 13.9. The second-order valence-corrected chi connectivity index (χ2v) is 14.1. The number of rotatable bonds is 5. The van der Waals surface area contributed by atoms with Crippen LogP contribution in [0.3, 0.4) is 0 Å². The van der Waals surface area contributed by atoms with Gasteiger partial charge in [0.25, 0.3) is 0 Å². The van der Waals surface area contributed by atoms with E-state index in [1.54, 1.807) is 0 Å². The molecule has 32 heavy (non-hydrogen) atoms. The van der Waals surface area contributed by atoms with Crippen LogP contribution in [0.1, 0.15) is 120 Å². The van der Waals surface area contributed by atoms with Gasteiger partial charge in [0.05, 0.1) is 6.10 Å². The number of aliphatic hydroxyl groups excluding tert-OH is 1. The molecular formula is C31H52O. The van der Waals surface area contributed by atoms with Crippen molar-refractivity contribution in [1.82, 2.24) is 0 Å². The van der Waals surface area contributed by atoms with Crippen molar-refractivity contribution in [3.8, 4) is 0 Å². The highest BCUT2D eigenvalue weighted by Gasteiger charge is 2.63. The standard InChI is InChI=1S/C31H52O/c1-20(2)21(3)10-11-22(4)23-14-18-31(9)25-12-13-26-28(5,6)27(32)16-17-29(26,7)24(25)15-19-30(23,31)8/h20,22-23,26-27,32H,3,10-19H2,1-2,4-9H3/t22-,23-,26+,27+,29-,30-,31+/m1/s1. The molecule has 0 aromatic rings. The fraction of sp³-hybridized carbons (Fsp3) is 0.871. The van der Waals surface area contributed by atoms with Gasteiger partial charge in [-0.05, 0) is 110 Å². The van der Waals surface area contributed by atoms with E-state index in [0.29, 0.717) is 28.1 Å². The second-order valence-electron chi connectivity index (χ2n) is 14.1. The predicted octanol–water partition coefficient (Wildman–Crippen LogP) is 8.73. The molecule has 4 aliphatic carbocycles. The van der Waals surface area contributed by atoms with Gasteiger partial charge in [-0.2, -0.15) is 0 Å². The second kappa shape index (κ2) is 8.00. The van der Waals surface area contributed by atoms with E-state index in [-0.39, 0.29) is 11.5 Å². The molecule has 0 bridgehead atoms. The third-order valence-electron chi connectivity index (χ3n) is 12.2. The SMILES string of the molecule is C=C(CC[C@@H](C)[C@H]1CC[C@@]2(C)C3=C(CC[C@]12C)[C@@]1(C)CC[C@H](O)C(C)(C)[C@@H]1CC3)C(C)C. The molecule has 4 rings (SSSR count). The average Bonchev–Trinajstić information content (AvgIpc) is 3.00. The lowest BCUT2D eigenvalue weighted by Gasteiger charge is -2.62. The highest BCUT2D eigenvalue weighted by Crippen LogP contribution is 2.72. The first-order valence-electron chi connectivity index (χ1n) is 13.9. The van der Waals surface area contributed by atoms with E-state index in [0.717, 1.165) is 18.3 Å². The van der Waals surface area contributed by atoms with Crippen molar-refractivity contribution >= 4 is 0 Å². The van der Waals surface area contributed by atoms with Crippen LogP contribution in [0.5, 0.6) is 0 Å². The molecule has 4 aliphatic rings. The van der Waals surface area contributed by atoms with Crippen LogP contribution < -0.4 is 0 Å². The molecule has 0 heterocycles. The van der Waals surface area contributed by atoms with E-state index >= 15 is 0 Å². The van der Waals surface area contributed by atoms with Crippen LogP contribution in [0, 0.1) is 45.3 Å². The fourth-order valence-electron chi connectivity index (χ4n) is 9.53. The highest BCUT2D eigenvalue weighted by molar-refractivity contribution is 5.38. The summed E-state index contributed by atoms with van der Waals surface area (Å²) in [6.45, 7) is 24.1. The van der Waals surface area contributed by atoms with Crippen LogP contribution in [0.2, 0.25) is 0 Å². The number of hydrogen-bond acceptors (Lipinski definition) is 1. The minimum absolute atomic E-state index is 0.0404. The van der Waals surface area contributed by atoms with Crippen LogP contribution >= 0.6 is 0 Å². The molecule has 0 saturated heterocycles. The fourth-order valence-corrected chi connectivity index (χ4v) is 9.53. The third-order valence-corrected chi connectivity index (χ3v) is 12.2. The lowest BCUT2D eigenvalue weighted by molar-refractivity contribution is -0.0962. The number of allylic oxidation sites excluding steroid dienone is 3. The van der Waals surface area contributed by atoms with Gasteiger partial charge in [0.15, 0.2) is 0 Å². The minimum atomic E-state index is -0.135. The van der Waals surface area contributed by atoms with Gasteiger partial charge in [-0.15, -0.1) is 0 Å². The zero-order valence-corrected chi connectivity index (χ0v) is 22.6. The smallest absolute Gasteiger partial charge is 0.0594 e. The summed E-state index contributed by atoms with van der Waals surface area (Å²) in [4.78, 5) is 0. The summed E-state index contributed by atoms with van der Waals surface area (Å²) in [5, 5.41) is 10.8. The Kier molecular flexibility index (Phi) is 6.14. The van der Waals surface area contributed by atoms with Gasteiger partial charge >= 0.3 is 0 Å². The van der Waals surface area contributed by atoms with E-state index in [9.17, 15) is 5.11 Å². The molecule has 0 aromatic carbocycles. The minimum Gasteiger partial charge on any atom is -0.393 e. The van der Waals surface area contributed by atoms with Crippen LogP contribution in [-0.2, 0) is 0 Å². The zero-order chi connectivity index (χ0) is 23.7. The first kappa shape index (κ1) is 24.6. The lowest BCUT2D eigenvalue weighted by Crippen LogP contribution is -2.55. The number of aliphatic hydroxyl groups is 1. The van der Waals surface area contributed by atoms with E-state index in [1.807, 2.05) is 11.1 Å². The number of hydrogen-bond donors (Lipinski definition) is 1. The molecule has 2 saturated carbocycles. The largest absolute Gasteiger partial charge is 0.393 e. The van der Waals surface area contributed by atoms with Crippen molar-refractivity contribution in [2.45, 2.75) is 126 Å². The van der Waals surface area contributed by atoms with E-state index < -0.39 is 0 Å². The molecule has 1 heteroatoms. The Morgan fingerprint density at radius 3 is 2.28 bits per heavy atom.